The number of fused-ring (bicyclic) bond motifs is 4. The summed E-state index contributed by atoms with van der Waals surface area (Å²) in [4.78, 5) is 15.9. The van der Waals surface area contributed by atoms with Gasteiger partial charge in [0, 0.05) is 31.9 Å². The van der Waals surface area contributed by atoms with Crippen molar-refractivity contribution in [2.75, 3.05) is 43.4 Å². The molecule has 10 heteroatoms. The summed E-state index contributed by atoms with van der Waals surface area (Å²) < 4.78 is 58.8. The van der Waals surface area contributed by atoms with Crippen molar-refractivity contribution in [3.05, 3.63) is 24.3 Å². The molecule has 1 amide bonds. The SMILES string of the molecule is CCOc1ccc(N2CC3CN(C(=O)C(F)(F)S(=O)(=O)CCN)C[C@@H]2C(C)(C)C3)cc1. The number of piperidine rings is 1. The first-order chi connectivity index (χ1) is 14.4. The lowest BCUT2D eigenvalue weighted by atomic mass is 9.73. The van der Waals surface area contributed by atoms with Crippen LogP contribution in [-0.2, 0) is 14.6 Å². The molecule has 2 atom stereocenters. The molecule has 2 N–H and O–H groups in total. The van der Waals surface area contributed by atoms with E-state index in [4.69, 9.17) is 10.5 Å². The summed E-state index contributed by atoms with van der Waals surface area (Å²) in [5.41, 5.74) is 5.84. The molecular weight excluding hydrogens is 428 g/mol. The zero-order valence-electron chi connectivity index (χ0n) is 18.2. The van der Waals surface area contributed by atoms with Crippen molar-refractivity contribution >= 4 is 21.4 Å². The summed E-state index contributed by atoms with van der Waals surface area (Å²) in [7, 11) is -4.97. The average Bonchev–Trinajstić information content (AvgIpc) is 2.95. The molecule has 3 aliphatic rings. The third-order valence-electron chi connectivity index (χ3n) is 6.21. The van der Waals surface area contributed by atoms with Gasteiger partial charge in [-0.3, -0.25) is 4.79 Å². The second kappa shape index (κ2) is 8.54. The Morgan fingerprint density at radius 3 is 2.45 bits per heavy atom. The Bertz CT molecular complexity index is 906. The maximum atomic E-state index is 14.6. The predicted molar refractivity (Wildman–Crippen MR) is 115 cm³/mol. The molecule has 0 saturated carbocycles. The molecule has 2 bridgehead atoms. The minimum Gasteiger partial charge on any atom is -0.494 e. The highest BCUT2D eigenvalue weighted by Crippen LogP contribution is 2.44. The molecule has 4 rings (SSSR count). The first kappa shape index (κ1) is 23.7. The Kier molecular flexibility index (Phi) is 6.53. The zero-order valence-corrected chi connectivity index (χ0v) is 19.0. The van der Waals surface area contributed by atoms with E-state index in [1.165, 1.54) is 0 Å². The molecular formula is C21H31F2N3O4S. The van der Waals surface area contributed by atoms with Crippen LogP contribution in [0.15, 0.2) is 24.3 Å². The molecule has 0 spiro atoms. The van der Waals surface area contributed by atoms with Gasteiger partial charge in [0.2, 0.25) is 9.84 Å². The average molecular weight is 460 g/mol. The Labute approximate surface area is 182 Å². The quantitative estimate of drug-likeness (QED) is 0.672. The summed E-state index contributed by atoms with van der Waals surface area (Å²) in [6.45, 7) is 6.84. The normalized spacial score (nSPS) is 23.5. The third kappa shape index (κ3) is 4.50. The van der Waals surface area contributed by atoms with Crippen molar-refractivity contribution in [2.24, 2.45) is 17.1 Å². The third-order valence-corrected chi connectivity index (χ3v) is 7.94. The van der Waals surface area contributed by atoms with E-state index in [0.717, 1.165) is 22.8 Å². The minimum atomic E-state index is -4.97. The summed E-state index contributed by atoms with van der Waals surface area (Å²) in [6, 6.07) is 7.34. The topological polar surface area (TPSA) is 92.9 Å². The molecule has 0 aromatic heterocycles. The Balaban J connectivity index is 1.89. The van der Waals surface area contributed by atoms with Crippen LogP contribution >= 0.6 is 0 Å². The number of ether oxygens (including phenoxy) is 1. The fourth-order valence-electron chi connectivity index (χ4n) is 4.79. The van der Waals surface area contributed by atoms with Crippen molar-refractivity contribution in [3.63, 3.8) is 0 Å². The van der Waals surface area contributed by atoms with Crippen molar-refractivity contribution in [2.45, 2.75) is 38.5 Å². The highest BCUT2D eigenvalue weighted by molar-refractivity contribution is 7.93. The fourth-order valence-corrected chi connectivity index (χ4v) is 5.75. The number of hydrogen-bond acceptors (Lipinski definition) is 6. The van der Waals surface area contributed by atoms with Crippen molar-refractivity contribution < 1.29 is 26.7 Å². The molecule has 7 nitrogen and oxygen atoms in total. The van der Waals surface area contributed by atoms with E-state index >= 15 is 0 Å². The highest BCUT2D eigenvalue weighted by Gasteiger charge is 2.56. The van der Waals surface area contributed by atoms with Crippen LogP contribution in [0.5, 0.6) is 5.75 Å². The number of anilines is 1. The number of hydrogen-bond donors (Lipinski definition) is 1. The Morgan fingerprint density at radius 2 is 1.87 bits per heavy atom. The lowest BCUT2D eigenvalue weighted by molar-refractivity contribution is -0.147. The van der Waals surface area contributed by atoms with E-state index in [2.05, 4.69) is 18.7 Å². The van der Waals surface area contributed by atoms with Crippen LogP contribution in [0.25, 0.3) is 0 Å². The van der Waals surface area contributed by atoms with Gasteiger partial charge >= 0.3 is 11.2 Å². The number of halogens is 2. The maximum absolute atomic E-state index is 14.6. The Hall–Kier alpha value is -1.94. The highest BCUT2D eigenvalue weighted by atomic mass is 32.2. The molecule has 1 unspecified atom stereocenters. The summed E-state index contributed by atoms with van der Waals surface area (Å²) in [6.07, 6.45) is 0.760. The number of nitrogens with two attached hydrogens (primary N) is 1. The molecule has 3 fully saturated rings. The number of rotatable bonds is 7. The minimum absolute atomic E-state index is 0.0310. The van der Waals surface area contributed by atoms with E-state index in [1.807, 2.05) is 31.2 Å². The molecule has 174 valence electrons. The van der Waals surface area contributed by atoms with Gasteiger partial charge < -0.3 is 20.3 Å². The Morgan fingerprint density at radius 1 is 1.23 bits per heavy atom. The lowest BCUT2D eigenvalue weighted by Gasteiger charge is -2.48. The van der Waals surface area contributed by atoms with Crippen molar-refractivity contribution in [1.29, 1.82) is 0 Å². The van der Waals surface area contributed by atoms with Crippen LogP contribution in [0.2, 0.25) is 0 Å². The van der Waals surface area contributed by atoms with Crippen LogP contribution in [0.1, 0.15) is 27.2 Å². The molecule has 0 aliphatic carbocycles. The van der Waals surface area contributed by atoms with Gasteiger partial charge in [0.15, 0.2) is 0 Å². The van der Waals surface area contributed by atoms with Gasteiger partial charge in [-0.2, -0.15) is 8.78 Å². The van der Waals surface area contributed by atoms with Gasteiger partial charge in [0.05, 0.1) is 18.4 Å². The lowest BCUT2D eigenvalue weighted by Crippen LogP contribution is -2.55. The van der Waals surface area contributed by atoms with E-state index in [1.54, 1.807) is 0 Å². The first-order valence-electron chi connectivity index (χ1n) is 10.5. The van der Waals surface area contributed by atoms with E-state index in [0.29, 0.717) is 13.2 Å². The monoisotopic (exact) mass is 459 g/mol. The standard InChI is InChI=1S/C21H31F2N3O4S/c1-4-30-17-7-5-16(6-8-17)26-13-15-11-20(2,3)18(26)14-25(12-15)19(27)21(22,23)31(28,29)10-9-24/h5-8,15,18H,4,9-14,24H2,1-3H3/t15?,18-/m1/s1. The van der Waals surface area contributed by atoms with E-state index in [9.17, 15) is 22.0 Å². The van der Waals surface area contributed by atoms with Crippen molar-refractivity contribution in [1.82, 2.24) is 4.90 Å². The van der Waals surface area contributed by atoms with Crippen molar-refractivity contribution in [3.8, 4) is 5.75 Å². The fraction of sp³-hybridized carbons (Fsp3) is 0.667. The molecule has 3 heterocycles. The zero-order chi connectivity index (χ0) is 23.0. The summed E-state index contributed by atoms with van der Waals surface area (Å²) in [5, 5.41) is -4.48. The van der Waals surface area contributed by atoms with Gasteiger partial charge in [0.25, 0.3) is 0 Å². The van der Waals surface area contributed by atoms with Crippen LogP contribution in [0.4, 0.5) is 14.5 Å². The summed E-state index contributed by atoms with van der Waals surface area (Å²) >= 11 is 0. The molecule has 31 heavy (non-hydrogen) atoms. The van der Waals surface area contributed by atoms with Crippen LogP contribution < -0.4 is 15.4 Å². The number of carbonyl (C=O) groups excluding carboxylic acids is 1. The van der Waals surface area contributed by atoms with Gasteiger partial charge in [-0.05, 0) is 48.9 Å². The van der Waals surface area contributed by atoms with E-state index < -0.39 is 33.3 Å². The second-order valence-electron chi connectivity index (χ2n) is 8.99. The van der Waals surface area contributed by atoms with Gasteiger partial charge in [-0.15, -0.1) is 0 Å². The predicted octanol–water partition coefficient (Wildman–Crippen LogP) is 2.11. The number of nitrogens with zero attached hydrogens (tertiary/aromatic N) is 2. The molecule has 3 saturated heterocycles. The van der Waals surface area contributed by atoms with Crippen LogP contribution in [0, 0.1) is 11.3 Å². The maximum Gasteiger partial charge on any atom is 0.421 e. The van der Waals surface area contributed by atoms with Gasteiger partial charge in [0.1, 0.15) is 5.75 Å². The molecule has 3 aliphatic heterocycles. The molecule has 0 radical (unpaired) electrons. The number of benzene rings is 1. The number of amides is 1. The van der Waals surface area contributed by atoms with Crippen LogP contribution in [0.3, 0.4) is 0 Å². The largest absolute Gasteiger partial charge is 0.494 e. The molecule has 1 aromatic carbocycles. The van der Waals surface area contributed by atoms with E-state index in [-0.39, 0.29) is 30.5 Å². The number of carbonyl (C=O) groups is 1. The second-order valence-corrected chi connectivity index (χ2v) is 11.1. The first-order valence-corrected chi connectivity index (χ1v) is 12.2. The van der Waals surface area contributed by atoms with Gasteiger partial charge in [-0.25, -0.2) is 8.42 Å². The smallest absolute Gasteiger partial charge is 0.421 e. The summed E-state index contributed by atoms with van der Waals surface area (Å²) in [5.74, 6) is -1.90. The van der Waals surface area contributed by atoms with Crippen LogP contribution in [-0.4, -0.2) is 69.1 Å². The molecule has 1 aromatic rings. The number of alkyl halides is 2. The van der Waals surface area contributed by atoms with Gasteiger partial charge in [-0.1, -0.05) is 13.8 Å². The number of sulfone groups is 1.